The number of nitrogens with zero attached hydrogens (tertiary/aromatic N) is 1. The molecular weight excluding hydrogens is 430 g/mol. The molecule has 6 nitrogen and oxygen atoms in total. The second-order valence-corrected chi connectivity index (χ2v) is 9.60. The summed E-state index contributed by atoms with van der Waals surface area (Å²) in [5, 5.41) is 11.2. The molecule has 0 bridgehead atoms. The topological polar surface area (TPSA) is 76.1 Å². The summed E-state index contributed by atoms with van der Waals surface area (Å²) in [5.41, 5.74) is 2.54. The Balaban J connectivity index is 1.76. The van der Waals surface area contributed by atoms with E-state index < -0.39 is 17.7 Å². The Morgan fingerprint density at radius 2 is 1.74 bits per heavy atom. The number of likely N-dealkylation sites (tertiary alicyclic amines) is 1. The minimum atomic E-state index is -0.670. The van der Waals surface area contributed by atoms with Crippen LogP contribution in [-0.4, -0.2) is 47.1 Å². The molecule has 2 unspecified atom stereocenters. The highest BCUT2D eigenvalue weighted by molar-refractivity contribution is 6.46. The Morgan fingerprint density at radius 3 is 2.29 bits per heavy atom. The number of carbonyl (C=O) groups excluding carboxylic acids is 2. The van der Waals surface area contributed by atoms with Gasteiger partial charge in [-0.2, -0.15) is 0 Å². The molecule has 2 aromatic carbocycles. The van der Waals surface area contributed by atoms with E-state index >= 15 is 0 Å². The van der Waals surface area contributed by atoms with Crippen molar-refractivity contribution in [2.45, 2.75) is 64.7 Å². The summed E-state index contributed by atoms with van der Waals surface area (Å²) in [6.45, 7) is 9.09. The van der Waals surface area contributed by atoms with E-state index in [4.69, 9.17) is 9.47 Å². The van der Waals surface area contributed by atoms with Gasteiger partial charge in [-0.15, -0.1) is 0 Å². The Hall–Kier alpha value is -3.12. The zero-order chi connectivity index (χ0) is 24.4. The van der Waals surface area contributed by atoms with Crippen LogP contribution in [0.1, 0.15) is 69.2 Å². The molecule has 1 N–H and O–H groups in total. The molecule has 2 aliphatic rings. The van der Waals surface area contributed by atoms with Crippen molar-refractivity contribution < 1.29 is 24.2 Å². The molecule has 0 aromatic heterocycles. The molecule has 180 valence electrons. The van der Waals surface area contributed by atoms with Gasteiger partial charge < -0.3 is 19.5 Å². The summed E-state index contributed by atoms with van der Waals surface area (Å²) in [6.07, 6.45) is 1.70. The fraction of sp³-hybridized carbons (Fsp3) is 0.429. The monoisotopic (exact) mass is 463 g/mol. The van der Waals surface area contributed by atoms with E-state index in [0.717, 1.165) is 18.4 Å². The van der Waals surface area contributed by atoms with Gasteiger partial charge in [0.2, 0.25) is 0 Å². The van der Waals surface area contributed by atoms with E-state index in [0.29, 0.717) is 30.4 Å². The van der Waals surface area contributed by atoms with Crippen LogP contribution in [0, 0.1) is 0 Å². The van der Waals surface area contributed by atoms with Crippen LogP contribution in [0.4, 0.5) is 0 Å². The van der Waals surface area contributed by atoms with Gasteiger partial charge in [0.25, 0.3) is 11.7 Å². The molecule has 2 saturated heterocycles. The first-order valence-corrected chi connectivity index (χ1v) is 12.0. The lowest BCUT2D eigenvalue weighted by molar-refractivity contribution is -0.140. The molecular formula is C28H33NO5. The van der Waals surface area contributed by atoms with Crippen LogP contribution in [0.25, 0.3) is 5.76 Å². The second kappa shape index (κ2) is 10.0. The molecule has 34 heavy (non-hydrogen) atoms. The first kappa shape index (κ1) is 24.0. The highest BCUT2D eigenvalue weighted by atomic mass is 16.5. The normalized spacial score (nSPS) is 22.2. The van der Waals surface area contributed by atoms with E-state index in [1.54, 1.807) is 29.2 Å². The number of hydrogen-bond donors (Lipinski definition) is 1. The fourth-order valence-corrected chi connectivity index (χ4v) is 4.60. The molecule has 2 heterocycles. The smallest absolute Gasteiger partial charge is 0.295 e. The third-order valence-electron chi connectivity index (χ3n) is 6.38. The molecule has 2 fully saturated rings. The zero-order valence-electron chi connectivity index (χ0n) is 20.3. The maximum absolute atomic E-state index is 13.2. The SMILES string of the molecule is CC(C)Oc1ccc(/C(O)=C2/C(=O)C(=O)N(CC3CCCO3)C2c2ccc(C(C)C)cc2)cc1. The van der Waals surface area contributed by atoms with Crippen molar-refractivity contribution in [2.75, 3.05) is 13.2 Å². The Kier molecular flexibility index (Phi) is 7.08. The zero-order valence-corrected chi connectivity index (χ0v) is 20.3. The van der Waals surface area contributed by atoms with E-state index in [2.05, 4.69) is 13.8 Å². The molecule has 0 radical (unpaired) electrons. The van der Waals surface area contributed by atoms with Gasteiger partial charge in [0, 0.05) is 18.7 Å². The lowest BCUT2D eigenvalue weighted by Crippen LogP contribution is -2.36. The van der Waals surface area contributed by atoms with Crippen molar-refractivity contribution in [2.24, 2.45) is 0 Å². The average Bonchev–Trinajstić information content (AvgIpc) is 3.41. The van der Waals surface area contributed by atoms with Crippen molar-refractivity contribution in [3.63, 3.8) is 0 Å². The minimum Gasteiger partial charge on any atom is -0.507 e. The number of ketones is 1. The number of benzene rings is 2. The number of carbonyl (C=O) groups is 2. The van der Waals surface area contributed by atoms with Crippen LogP contribution >= 0.6 is 0 Å². The van der Waals surface area contributed by atoms with Crippen molar-refractivity contribution in [1.82, 2.24) is 4.90 Å². The predicted molar refractivity (Wildman–Crippen MR) is 131 cm³/mol. The summed E-state index contributed by atoms with van der Waals surface area (Å²) in [5.74, 6) is -0.419. The fourth-order valence-electron chi connectivity index (χ4n) is 4.60. The molecule has 2 aliphatic heterocycles. The molecule has 2 atom stereocenters. The van der Waals surface area contributed by atoms with Crippen LogP contribution in [0.5, 0.6) is 5.75 Å². The number of aliphatic hydroxyl groups excluding tert-OH is 1. The van der Waals surface area contributed by atoms with Crippen molar-refractivity contribution in [3.8, 4) is 5.75 Å². The molecule has 0 spiro atoms. The number of hydrogen-bond acceptors (Lipinski definition) is 5. The van der Waals surface area contributed by atoms with Gasteiger partial charge in [-0.1, -0.05) is 38.1 Å². The highest BCUT2D eigenvalue weighted by Crippen LogP contribution is 2.40. The standard InChI is InChI=1S/C28H33NO5/c1-17(2)19-7-9-20(10-8-19)25-24(26(30)21-11-13-22(14-12-21)34-18(3)4)27(31)28(32)29(25)16-23-6-5-15-33-23/h7-14,17-18,23,25,30H,5-6,15-16H2,1-4H3/b26-24-. The largest absolute Gasteiger partial charge is 0.507 e. The van der Waals surface area contributed by atoms with E-state index in [9.17, 15) is 14.7 Å². The van der Waals surface area contributed by atoms with Crippen LogP contribution in [0.3, 0.4) is 0 Å². The van der Waals surface area contributed by atoms with Gasteiger partial charge in [-0.25, -0.2) is 0 Å². The molecule has 4 rings (SSSR count). The predicted octanol–water partition coefficient (Wildman–Crippen LogP) is 5.20. The van der Waals surface area contributed by atoms with Crippen LogP contribution < -0.4 is 4.74 Å². The summed E-state index contributed by atoms with van der Waals surface area (Å²) in [7, 11) is 0. The summed E-state index contributed by atoms with van der Waals surface area (Å²) in [4.78, 5) is 27.9. The molecule has 0 aliphatic carbocycles. The Morgan fingerprint density at radius 1 is 1.06 bits per heavy atom. The minimum absolute atomic E-state index is 0.0244. The number of rotatable bonds is 7. The van der Waals surface area contributed by atoms with Crippen molar-refractivity contribution >= 4 is 17.4 Å². The lowest BCUT2D eigenvalue weighted by Gasteiger charge is -2.27. The van der Waals surface area contributed by atoms with Crippen LogP contribution in [-0.2, 0) is 14.3 Å². The van der Waals surface area contributed by atoms with Crippen LogP contribution in [0.15, 0.2) is 54.1 Å². The van der Waals surface area contributed by atoms with E-state index in [-0.39, 0.29) is 23.5 Å². The van der Waals surface area contributed by atoms with Gasteiger partial charge in [-0.3, -0.25) is 9.59 Å². The molecule has 2 aromatic rings. The summed E-state index contributed by atoms with van der Waals surface area (Å²) >= 11 is 0. The van der Waals surface area contributed by atoms with Gasteiger partial charge in [-0.05, 0) is 68.0 Å². The van der Waals surface area contributed by atoms with Gasteiger partial charge in [0.05, 0.1) is 23.8 Å². The Labute approximate surface area is 201 Å². The number of amides is 1. The van der Waals surface area contributed by atoms with Crippen molar-refractivity contribution in [3.05, 3.63) is 70.8 Å². The lowest BCUT2D eigenvalue weighted by atomic mass is 9.93. The van der Waals surface area contributed by atoms with Gasteiger partial charge in [0.1, 0.15) is 11.5 Å². The average molecular weight is 464 g/mol. The summed E-state index contributed by atoms with van der Waals surface area (Å²) in [6, 6.07) is 14.2. The highest BCUT2D eigenvalue weighted by Gasteiger charge is 2.47. The Bertz CT molecular complexity index is 1060. The third-order valence-corrected chi connectivity index (χ3v) is 6.38. The first-order chi connectivity index (χ1) is 16.3. The first-order valence-electron chi connectivity index (χ1n) is 12.0. The quantitative estimate of drug-likeness (QED) is 0.347. The maximum atomic E-state index is 13.2. The van der Waals surface area contributed by atoms with E-state index in [1.807, 2.05) is 38.1 Å². The number of Topliss-reactive ketones (excluding diaryl/α,β-unsaturated/α-hetero) is 1. The number of ether oxygens (including phenoxy) is 2. The third kappa shape index (κ3) is 4.87. The molecule has 1 amide bonds. The van der Waals surface area contributed by atoms with Crippen molar-refractivity contribution in [1.29, 1.82) is 0 Å². The second-order valence-electron chi connectivity index (χ2n) is 9.60. The van der Waals surface area contributed by atoms with E-state index in [1.165, 1.54) is 5.56 Å². The van der Waals surface area contributed by atoms with Gasteiger partial charge in [0.15, 0.2) is 0 Å². The summed E-state index contributed by atoms with van der Waals surface area (Å²) < 4.78 is 11.4. The van der Waals surface area contributed by atoms with Crippen LogP contribution in [0.2, 0.25) is 0 Å². The van der Waals surface area contributed by atoms with Gasteiger partial charge >= 0.3 is 0 Å². The molecule has 0 saturated carbocycles. The molecule has 6 heteroatoms. The maximum Gasteiger partial charge on any atom is 0.295 e. The number of aliphatic hydroxyl groups is 1.